The number of primary amides is 1. The minimum Gasteiger partial charge on any atom is -0.369 e. The van der Waals surface area contributed by atoms with Crippen LogP contribution in [-0.2, 0) is 14.3 Å². The Labute approximate surface area is 189 Å². The Bertz CT molecular complexity index is 847. The van der Waals surface area contributed by atoms with Gasteiger partial charge in [-0.05, 0) is 62.3 Å². The zero-order chi connectivity index (χ0) is 22.5. The number of halogens is 1. The van der Waals surface area contributed by atoms with E-state index in [4.69, 9.17) is 10.5 Å². The zero-order valence-electron chi connectivity index (χ0n) is 18.7. The van der Waals surface area contributed by atoms with Crippen LogP contribution in [0.2, 0.25) is 0 Å². The van der Waals surface area contributed by atoms with Crippen molar-refractivity contribution in [2.75, 3.05) is 19.7 Å². The van der Waals surface area contributed by atoms with E-state index >= 15 is 0 Å². The summed E-state index contributed by atoms with van der Waals surface area (Å²) in [6.07, 6.45) is 2.93. The molecule has 6 rings (SSSR count). The molecule has 1 aromatic carbocycles. The molecule has 1 aromatic rings. The van der Waals surface area contributed by atoms with Crippen LogP contribution in [0, 0.1) is 23.2 Å². The number of ether oxygens (including phenoxy) is 1. The average Bonchev–Trinajstić information content (AvgIpc) is 2.76. The Hall–Kier alpha value is -1.99. The predicted molar refractivity (Wildman–Crippen MR) is 118 cm³/mol. The first kappa shape index (κ1) is 21.8. The van der Waals surface area contributed by atoms with Crippen molar-refractivity contribution in [3.8, 4) is 0 Å². The summed E-state index contributed by atoms with van der Waals surface area (Å²) in [5, 5.41) is 3.28. The summed E-state index contributed by atoms with van der Waals surface area (Å²) < 4.78 is 20.5. The van der Waals surface area contributed by atoms with Gasteiger partial charge in [-0.3, -0.25) is 14.5 Å². The molecule has 0 radical (unpaired) electrons. The first-order valence-corrected chi connectivity index (χ1v) is 12.0. The van der Waals surface area contributed by atoms with E-state index in [1.807, 2.05) is 35.2 Å². The molecule has 5 fully saturated rings. The van der Waals surface area contributed by atoms with E-state index in [-0.39, 0.29) is 23.3 Å². The molecule has 1 aliphatic heterocycles. The van der Waals surface area contributed by atoms with Gasteiger partial charge in [-0.1, -0.05) is 30.3 Å². The number of rotatable bonds is 6. The monoisotopic (exact) mass is 443 g/mol. The summed E-state index contributed by atoms with van der Waals surface area (Å²) in [5.41, 5.74) is 6.34. The Kier molecular flexibility index (Phi) is 5.74. The van der Waals surface area contributed by atoms with Crippen molar-refractivity contribution in [2.24, 2.45) is 28.9 Å². The van der Waals surface area contributed by atoms with E-state index < -0.39 is 18.3 Å². The van der Waals surface area contributed by atoms with Gasteiger partial charge < -0.3 is 15.8 Å². The van der Waals surface area contributed by atoms with Gasteiger partial charge in [0.05, 0.1) is 12.6 Å². The van der Waals surface area contributed by atoms with Gasteiger partial charge in [0.15, 0.2) is 0 Å². The predicted octanol–water partition coefficient (Wildman–Crippen LogP) is 2.58. The van der Waals surface area contributed by atoms with Gasteiger partial charge >= 0.3 is 0 Å². The number of nitrogens with zero attached hydrogens (tertiary/aromatic N) is 1. The molecule has 4 unspecified atom stereocenters. The molecule has 32 heavy (non-hydrogen) atoms. The molecule has 3 N–H and O–H groups in total. The number of nitrogens with one attached hydrogen (secondary N) is 1. The quantitative estimate of drug-likeness (QED) is 0.708. The van der Waals surface area contributed by atoms with Gasteiger partial charge in [0.25, 0.3) is 5.91 Å². The topological polar surface area (TPSA) is 84.7 Å². The molecule has 2 amide bonds. The van der Waals surface area contributed by atoms with Gasteiger partial charge in [0.2, 0.25) is 5.91 Å². The molecule has 1 heterocycles. The molecule has 174 valence electrons. The lowest BCUT2D eigenvalue weighted by molar-refractivity contribution is -0.152. The molecule has 0 aromatic heterocycles. The fraction of sp³-hybridized carbons (Fsp3) is 0.680. The van der Waals surface area contributed by atoms with Gasteiger partial charge in [-0.25, -0.2) is 4.39 Å². The van der Waals surface area contributed by atoms with E-state index in [0.29, 0.717) is 37.5 Å². The standard InChI is InChI=1S/C25H34FN3O3/c1-15(26)22(17-5-3-2-4-6-17)29-7-8-32-20(14-29)23(30)28-21-18-9-16-10-19(21)13-25(11-16,12-18)24(27)31/h2-6,15-16,18-22H,7-14H2,1H3,(H2,27,31)(H,28,30)/t15-,16?,18?,19?,20?,21?,22?,25?/m1/s1. The summed E-state index contributed by atoms with van der Waals surface area (Å²) in [4.78, 5) is 27.4. The summed E-state index contributed by atoms with van der Waals surface area (Å²) >= 11 is 0. The largest absolute Gasteiger partial charge is 0.369 e. The van der Waals surface area contributed by atoms with Crippen LogP contribution >= 0.6 is 0 Å². The van der Waals surface area contributed by atoms with E-state index in [0.717, 1.165) is 37.7 Å². The number of hydrogen-bond acceptors (Lipinski definition) is 4. The molecule has 4 saturated carbocycles. The zero-order valence-corrected chi connectivity index (χ0v) is 18.7. The first-order chi connectivity index (χ1) is 15.4. The van der Waals surface area contributed by atoms with Gasteiger partial charge in [-0.2, -0.15) is 0 Å². The fourth-order valence-corrected chi connectivity index (χ4v) is 7.32. The third kappa shape index (κ3) is 3.83. The summed E-state index contributed by atoms with van der Waals surface area (Å²) in [6, 6.07) is 9.32. The Morgan fingerprint density at radius 3 is 2.50 bits per heavy atom. The summed E-state index contributed by atoms with van der Waals surface area (Å²) in [5.74, 6) is 0.881. The Morgan fingerprint density at radius 2 is 1.88 bits per heavy atom. The van der Waals surface area contributed by atoms with Crippen LogP contribution in [0.15, 0.2) is 30.3 Å². The molecule has 7 heteroatoms. The normalized spacial score (nSPS) is 38.2. The smallest absolute Gasteiger partial charge is 0.250 e. The summed E-state index contributed by atoms with van der Waals surface area (Å²) in [7, 11) is 0. The maximum absolute atomic E-state index is 14.6. The number of benzene rings is 1. The lowest BCUT2D eigenvalue weighted by Gasteiger charge is -2.59. The van der Waals surface area contributed by atoms with Crippen molar-refractivity contribution in [3.05, 3.63) is 35.9 Å². The number of amides is 2. The van der Waals surface area contributed by atoms with E-state index in [9.17, 15) is 14.0 Å². The highest BCUT2D eigenvalue weighted by atomic mass is 19.1. The molecule has 4 aliphatic carbocycles. The van der Waals surface area contributed by atoms with Crippen molar-refractivity contribution < 1.29 is 18.7 Å². The maximum Gasteiger partial charge on any atom is 0.250 e. The van der Waals surface area contributed by atoms with Crippen molar-refractivity contribution in [1.29, 1.82) is 0 Å². The maximum atomic E-state index is 14.6. The van der Waals surface area contributed by atoms with Gasteiger partial charge in [0, 0.05) is 24.5 Å². The molecule has 4 bridgehead atoms. The van der Waals surface area contributed by atoms with Crippen LogP contribution in [0.1, 0.15) is 50.6 Å². The third-order valence-electron chi connectivity index (χ3n) is 8.46. The third-order valence-corrected chi connectivity index (χ3v) is 8.46. The van der Waals surface area contributed by atoms with Crippen LogP contribution in [0.3, 0.4) is 0 Å². The van der Waals surface area contributed by atoms with E-state index in [1.165, 1.54) is 0 Å². The molecule has 1 saturated heterocycles. The summed E-state index contributed by atoms with van der Waals surface area (Å²) in [6.45, 7) is 2.94. The van der Waals surface area contributed by atoms with Crippen LogP contribution in [0.25, 0.3) is 0 Å². The van der Waals surface area contributed by atoms with Crippen LogP contribution in [0.5, 0.6) is 0 Å². The van der Waals surface area contributed by atoms with Gasteiger partial charge in [0.1, 0.15) is 12.3 Å². The minimum atomic E-state index is -1.06. The minimum absolute atomic E-state index is 0.0792. The SMILES string of the molecule is C[C@@H](F)C(c1ccccc1)N1CCOC(C(=O)NC2C3CC4CC2CC(C(N)=O)(C4)C3)C1. The van der Waals surface area contributed by atoms with Crippen molar-refractivity contribution >= 4 is 11.8 Å². The van der Waals surface area contributed by atoms with Crippen molar-refractivity contribution in [3.63, 3.8) is 0 Å². The molecule has 0 spiro atoms. The highest BCUT2D eigenvalue weighted by Crippen LogP contribution is 2.59. The van der Waals surface area contributed by atoms with Gasteiger partial charge in [-0.15, -0.1) is 0 Å². The Balaban J connectivity index is 1.26. The highest BCUT2D eigenvalue weighted by molar-refractivity contribution is 5.83. The average molecular weight is 444 g/mol. The molecular formula is C25H34FN3O3. The number of carbonyl (C=O) groups excluding carboxylic acids is 2. The number of nitrogens with two attached hydrogens (primary N) is 1. The number of carbonyl (C=O) groups is 2. The van der Waals surface area contributed by atoms with Crippen LogP contribution in [-0.4, -0.2) is 54.7 Å². The second-order valence-electron chi connectivity index (χ2n) is 10.5. The second-order valence-corrected chi connectivity index (χ2v) is 10.5. The number of hydrogen-bond donors (Lipinski definition) is 2. The highest BCUT2D eigenvalue weighted by Gasteiger charge is 2.58. The van der Waals surface area contributed by atoms with Crippen LogP contribution in [0.4, 0.5) is 4.39 Å². The van der Waals surface area contributed by atoms with E-state index in [1.54, 1.807) is 6.92 Å². The Morgan fingerprint density at radius 1 is 1.19 bits per heavy atom. The molecule has 6 nitrogen and oxygen atoms in total. The van der Waals surface area contributed by atoms with Crippen molar-refractivity contribution in [2.45, 2.75) is 63.4 Å². The fourth-order valence-electron chi connectivity index (χ4n) is 7.32. The lowest BCUT2D eigenvalue weighted by atomic mass is 9.47. The molecule has 5 aliphatic rings. The second kappa shape index (κ2) is 8.41. The van der Waals surface area contributed by atoms with Crippen molar-refractivity contribution in [1.82, 2.24) is 10.2 Å². The number of morpholine rings is 1. The lowest BCUT2D eigenvalue weighted by Crippen LogP contribution is -2.63. The first-order valence-electron chi connectivity index (χ1n) is 12.0. The molecular weight excluding hydrogens is 409 g/mol. The van der Waals surface area contributed by atoms with Crippen LogP contribution < -0.4 is 11.1 Å². The number of alkyl halides is 1. The molecule has 5 atom stereocenters. The van der Waals surface area contributed by atoms with E-state index in [2.05, 4.69) is 5.32 Å².